The van der Waals surface area contributed by atoms with Crippen LogP contribution in [-0.2, 0) is 0 Å². The fourth-order valence-corrected chi connectivity index (χ4v) is 2.63. The molecule has 0 unspecified atom stereocenters. The molecular weight excluding hydrogens is 264 g/mol. The number of benzene rings is 1. The summed E-state index contributed by atoms with van der Waals surface area (Å²) in [6.45, 7) is 6.60. The molecular formula is C14H21ClN2S. The number of anilines is 1. The minimum absolute atomic E-state index is 0.133. The molecule has 2 nitrogen and oxygen atoms in total. The van der Waals surface area contributed by atoms with Crippen molar-refractivity contribution in [3.63, 3.8) is 0 Å². The molecule has 0 aliphatic heterocycles. The van der Waals surface area contributed by atoms with E-state index in [4.69, 9.17) is 29.6 Å². The molecule has 0 aromatic heterocycles. The molecule has 0 atom stereocenters. The van der Waals surface area contributed by atoms with Crippen molar-refractivity contribution >= 4 is 34.5 Å². The quantitative estimate of drug-likeness (QED) is 0.763. The van der Waals surface area contributed by atoms with Crippen LogP contribution < -0.4 is 11.1 Å². The van der Waals surface area contributed by atoms with Crippen LogP contribution in [0.25, 0.3) is 0 Å². The molecule has 0 bridgehead atoms. The number of hydrogen-bond acceptors (Lipinski definition) is 2. The highest BCUT2D eigenvalue weighted by Crippen LogP contribution is 2.28. The van der Waals surface area contributed by atoms with Gasteiger partial charge >= 0.3 is 0 Å². The van der Waals surface area contributed by atoms with E-state index >= 15 is 0 Å². The Labute approximate surface area is 120 Å². The van der Waals surface area contributed by atoms with Crippen LogP contribution in [0.2, 0.25) is 5.02 Å². The molecule has 100 valence electrons. The zero-order chi connectivity index (χ0) is 13.8. The van der Waals surface area contributed by atoms with Crippen LogP contribution in [0.15, 0.2) is 18.2 Å². The van der Waals surface area contributed by atoms with Crippen molar-refractivity contribution in [3.8, 4) is 0 Å². The largest absolute Gasteiger partial charge is 0.389 e. The van der Waals surface area contributed by atoms with E-state index in [0.717, 1.165) is 30.5 Å². The normalized spacial score (nSPS) is 11.3. The average molecular weight is 285 g/mol. The third-order valence-corrected chi connectivity index (χ3v) is 4.21. The maximum atomic E-state index is 6.18. The van der Waals surface area contributed by atoms with Gasteiger partial charge in [0.2, 0.25) is 0 Å². The minimum atomic E-state index is 0.133. The van der Waals surface area contributed by atoms with E-state index in [1.165, 1.54) is 0 Å². The van der Waals surface area contributed by atoms with Gasteiger partial charge in [0, 0.05) is 16.8 Å². The Morgan fingerprint density at radius 1 is 1.28 bits per heavy atom. The number of nitrogens with one attached hydrogen (secondary N) is 1. The van der Waals surface area contributed by atoms with Crippen molar-refractivity contribution in [1.29, 1.82) is 0 Å². The SMILES string of the molecule is CCC(CC)(CC)Nc1ccc(C(N)=S)c(Cl)c1. The van der Waals surface area contributed by atoms with Gasteiger partial charge in [0.25, 0.3) is 0 Å². The number of nitrogens with two attached hydrogens (primary N) is 1. The lowest BCUT2D eigenvalue weighted by atomic mass is 9.89. The van der Waals surface area contributed by atoms with E-state index in [0.29, 0.717) is 10.0 Å². The van der Waals surface area contributed by atoms with E-state index in [-0.39, 0.29) is 5.54 Å². The van der Waals surface area contributed by atoms with Gasteiger partial charge in [-0.25, -0.2) is 0 Å². The summed E-state index contributed by atoms with van der Waals surface area (Å²) in [6, 6.07) is 5.75. The molecule has 0 aliphatic carbocycles. The van der Waals surface area contributed by atoms with Crippen LogP contribution in [0.4, 0.5) is 5.69 Å². The predicted octanol–water partition coefficient (Wildman–Crippen LogP) is 4.35. The lowest BCUT2D eigenvalue weighted by molar-refractivity contribution is 0.420. The first kappa shape index (κ1) is 15.3. The zero-order valence-electron chi connectivity index (χ0n) is 11.2. The molecule has 0 heterocycles. The number of thiocarbonyl (C=S) groups is 1. The van der Waals surface area contributed by atoms with Crippen LogP contribution in [0.5, 0.6) is 0 Å². The standard InChI is InChI=1S/C14H21ClN2S/c1-4-14(5-2,6-3)17-10-7-8-11(13(16)18)12(15)9-10/h7-9,17H,4-6H2,1-3H3,(H2,16,18). The summed E-state index contributed by atoms with van der Waals surface area (Å²) < 4.78 is 0. The third kappa shape index (κ3) is 3.36. The van der Waals surface area contributed by atoms with Gasteiger partial charge in [-0.1, -0.05) is 44.6 Å². The van der Waals surface area contributed by atoms with Gasteiger partial charge in [-0.15, -0.1) is 0 Å². The number of rotatable bonds is 6. The Morgan fingerprint density at radius 2 is 1.83 bits per heavy atom. The van der Waals surface area contributed by atoms with Crippen molar-refractivity contribution in [3.05, 3.63) is 28.8 Å². The van der Waals surface area contributed by atoms with E-state index in [9.17, 15) is 0 Å². The van der Waals surface area contributed by atoms with Crippen LogP contribution in [-0.4, -0.2) is 10.5 Å². The molecule has 0 radical (unpaired) electrons. The molecule has 4 heteroatoms. The van der Waals surface area contributed by atoms with Crippen molar-refractivity contribution in [1.82, 2.24) is 0 Å². The van der Waals surface area contributed by atoms with Crippen LogP contribution in [0.3, 0.4) is 0 Å². The molecule has 1 aromatic carbocycles. The summed E-state index contributed by atoms with van der Waals surface area (Å²) in [5, 5.41) is 4.18. The van der Waals surface area contributed by atoms with Crippen molar-refractivity contribution in [2.45, 2.75) is 45.6 Å². The first-order chi connectivity index (χ1) is 8.48. The first-order valence-electron chi connectivity index (χ1n) is 6.35. The van der Waals surface area contributed by atoms with E-state index in [1.807, 2.05) is 18.2 Å². The second-order valence-electron chi connectivity index (χ2n) is 4.52. The van der Waals surface area contributed by atoms with Crippen LogP contribution in [0, 0.1) is 0 Å². The molecule has 0 saturated heterocycles. The predicted molar refractivity (Wildman–Crippen MR) is 84.6 cm³/mol. The summed E-state index contributed by atoms with van der Waals surface area (Å²) in [6.07, 6.45) is 3.23. The van der Waals surface area contributed by atoms with Gasteiger partial charge in [-0.2, -0.15) is 0 Å². The van der Waals surface area contributed by atoms with Crippen molar-refractivity contribution in [2.75, 3.05) is 5.32 Å². The zero-order valence-corrected chi connectivity index (χ0v) is 12.8. The monoisotopic (exact) mass is 284 g/mol. The molecule has 1 aromatic rings. The summed E-state index contributed by atoms with van der Waals surface area (Å²) >= 11 is 11.1. The molecule has 0 aliphatic rings. The van der Waals surface area contributed by atoms with Gasteiger partial charge in [-0.3, -0.25) is 0 Å². The first-order valence-corrected chi connectivity index (χ1v) is 7.14. The van der Waals surface area contributed by atoms with Gasteiger partial charge < -0.3 is 11.1 Å². The summed E-state index contributed by atoms with van der Waals surface area (Å²) in [5.41, 5.74) is 7.48. The highest BCUT2D eigenvalue weighted by Gasteiger charge is 2.23. The third-order valence-electron chi connectivity index (χ3n) is 3.67. The molecule has 18 heavy (non-hydrogen) atoms. The summed E-state index contributed by atoms with van der Waals surface area (Å²) in [5.74, 6) is 0. The average Bonchev–Trinajstić information content (AvgIpc) is 2.36. The second kappa shape index (κ2) is 6.39. The van der Waals surface area contributed by atoms with Gasteiger partial charge in [-0.05, 0) is 37.5 Å². The van der Waals surface area contributed by atoms with Crippen LogP contribution in [0.1, 0.15) is 45.6 Å². The highest BCUT2D eigenvalue weighted by atomic mass is 35.5. The van der Waals surface area contributed by atoms with E-state index in [1.54, 1.807) is 0 Å². The molecule has 0 amide bonds. The Bertz CT molecular complexity index is 420. The molecule has 1 rings (SSSR count). The highest BCUT2D eigenvalue weighted by molar-refractivity contribution is 7.80. The lowest BCUT2D eigenvalue weighted by Gasteiger charge is -2.33. The van der Waals surface area contributed by atoms with Crippen molar-refractivity contribution in [2.24, 2.45) is 5.73 Å². The second-order valence-corrected chi connectivity index (χ2v) is 5.37. The Kier molecular flexibility index (Phi) is 5.42. The van der Waals surface area contributed by atoms with Gasteiger partial charge in [0.15, 0.2) is 0 Å². The maximum Gasteiger partial charge on any atom is 0.105 e. The van der Waals surface area contributed by atoms with Crippen molar-refractivity contribution < 1.29 is 0 Å². The molecule has 0 saturated carbocycles. The minimum Gasteiger partial charge on any atom is -0.389 e. The number of halogens is 1. The number of hydrogen-bond donors (Lipinski definition) is 2. The van der Waals surface area contributed by atoms with Gasteiger partial charge in [0.1, 0.15) is 4.99 Å². The smallest absolute Gasteiger partial charge is 0.105 e. The molecule has 0 fully saturated rings. The van der Waals surface area contributed by atoms with E-state index in [2.05, 4.69) is 26.1 Å². The topological polar surface area (TPSA) is 38.0 Å². The summed E-state index contributed by atoms with van der Waals surface area (Å²) in [4.78, 5) is 0.333. The van der Waals surface area contributed by atoms with Gasteiger partial charge in [0.05, 0.1) is 5.02 Å². The summed E-state index contributed by atoms with van der Waals surface area (Å²) in [7, 11) is 0. The Morgan fingerprint density at radius 3 is 2.22 bits per heavy atom. The Balaban J connectivity index is 2.98. The Hall–Kier alpha value is -0.800. The van der Waals surface area contributed by atoms with Crippen LogP contribution >= 0.6 is 23.8 Å². The fraction of sp³-hybridized carbons (Fsp3) is 0.500. The molecule has 3 N–H and O–H groups in total. The molecule has 0 spiro atoms. The maximum absolute atomic E-state index is 6.18. The lowest BCUT2D eigenvalue weighted by Crippen LogP contribution is -2.36. The van der Waals surface area contributed by atoms with E-state index < -0.39 is 0 Å². The fourth-order valence-electron chi connectivity index (χ4n) is 2.11.